The van der Waals surface area contributed by atoms with Crippen LogP contribution in [0.3, 0.4) is 0 Å². The van der Waals surface area contributed by atoms with Crippen molar-refractivity contribution < 1.29 is 49.0 Å². The first-order valence-electron chi connectivity index (χ1n) is 20.5. The zero-order valence-corrected chi connectivity index (χ0v) is 32.2. The van der Waals surface area contributed by atoms with Crippen LogP contribution in [0.2, 0.25) is 0 Å². The van der Waals surface area contributed by atoms with Crippen LogP contribution in [-0.2, 0) is 28.5 Å². The summed E-state index contributed by atoms with van der Waals surface area (Å²) in [6, 6.07) is 0. The lowest BCUT2D eigenvalue weighted by Gasteiger charge is -2.39. The molecule has 1 rings (SSSR count). The number of rotatable bonds is 33. The molecule has 0 aromatic heterocycles. The maximum absolute atomic E-state index is 12.7. The molecule has 10 nitrogen and oxygen atoms in total. The Bertz CT molecular complexity index is 903. The van der Waals surface area contributed by atoms with Gasteiger partial charge in [0.05, 0.1) is 13.2 Å². The largest absolute Gasteiger partial charge is 0.462 e. The molecule has 6 atom stereocenters. The Morgan fingerprint density at radius 2 is 1.10 bits per heavy atom. The number of aliphatic hydroxyl groups is 4. The molecule has 298 valence electrons. The van der Waals surface area contributed by atoms with Crippen molar-refractivity contribution in [3.63, 3.8) is 0 Å². The second kappa shape index (κ2) is 32.8. The maximum Gasteiger partial charge on any atom is 0.306 e. The second-order valence-corrected chi connectivity index (χ2v) is 14.2. The Kier molecular flexibility index (Phi) is 30.4. The van der Waals surface area contributed by atoms with Gasteiger partial charge in [-0.3, -0.25) is 9.59 Å². The predicted octanol–water partition coefficient (Wildman–Crippen LogP) is 7.76. The van der Waals surface area contributed by atoms with E-state index in [9.17, 15) is 30.0 Å². The first-order valence-corrected chi connectivity index (χ1v) is 20.5. The molecule has 1 saturated heterocycles. The SMILES string of the molecule is CCCCCCCC=C=CCCCCCCCC(=O)O[C@H](COC(=O)CCCCCCCCCCCCC)CO[C@@H]1O[C@H](CO)[C@H](O)C(O)C1O. The lowest BCUT2D eigenvalue weighted by molar-refractivity contribution is -0.305. The molecule has 1 aliphatic heterocycles. The summed E-state index contributed by atoms with van der Waals surface area (Å²) in [5.74, 6) is -0.825. The van der Waals surface area contributed by atoms with E-state index in [4.69, 9.17) is 18.9 Å². The van der Waals surface area contributed by atoms with E-state index < -0.39 is 49.4 Å². The molecule has 10 heteroatoms. The molecule has 1 heterocycles. The van der Waals surface area contributed by atoms with E-state index in [0.717, 1.165) is 57.8 Å². The third kappa shape index (κ3) is 25.0. The number of carbonyl (C=O) groups excluding carboxylic acids is 2. The molecule has 4 N–H and O–H groups in total. The van der Waals surface area contributed by atoms with Gasteiger partial charge in [0.25, 0.3) is 0 Å². The van der Waals surface area contributed by atoms with Gasteiger partial charge >= 0.3 is 11.9 Å². The Labute approximate surface area is 309 Å². The normalized spacial score (nSPS) is 20.8. The van der Waals surface area contributed by atoms with Crippen molar-refractivity contribution in [2.24, 2.45) is 0 Å². The van der Waals surface area contributed by atoms with Gasteiger partial charge in [-0.15, -0.1) is 5.73 Å². The summed E-state index contributed by atoms with van der Waals surface area (Å²) in [6.45, 7) is 3.37. The topological polar surface area (TPSA) is 152 Å². The third-order valence-corrected chi connectivity index (χ3v) is 9.42. The van der Waals surface area contributed by atoms with Crippen LogP contribution in [-0.4, -0.2) is 89.0 Å². The molecule has 0 amide bonds. The summed E-state index contributed by atoms with van der Waals surface area (Å²) in [6.07, 6.45) is 22.8. The summed E-state index contributed by atoms with van der Waals surface area (Å²) in [5, 5.41) is 39.9. The molecule has 0 saturated carbocycles. The van der Waals surface area contributed by atoms with Gasteiger partial charge in [-0.05, 0) is 50.7 Å². The molecule has 0 aromatic rings. The molecule has 2 unspecified atom stereocenters. The van der Waals surface area contributed by atoms with Crippen LogP contribution in [0.25, 0.3) is 0 Å². The van der Waals surface area contributed by atoms with Crippen molar-refractivity contribution in [1.29, 1.82) is 0 Å². The van der Waals surface area contributed by atoms with Crippen LogP contribution in [0.4, 0.5) is 0 Å². The molecule has 0 aromatic carbocycles. The van der Waals surface area contributed by atoms with Crippen LogP contribution in [0.15, 0.2) is 17.9 Å². The van der Waals surface area contributed by atoms with E-state index in [2.05, 4.69) is 31.7 Å². The highest BCUT2D eigenvalue weighted by atomic mass is 16.7. The predicted molar refractivity (Wildman–Crippen MR) is 200 cm³/mol. The first-order chi connectivity index (χ1) is 24.8. The number of carbonyl (C=O) groups is 2. The van der Waals surface area contributed by atoms with Crippen molar-refractivity contribution in [3.05, 3.63) is 17.9 Å². The van der Waals surface area contributed by atoms with Gasteiger partial charge in [-0.25, -0.2) is 0 Å². The Morgan fingerprint density at radius 1 is 0.627 bits per heavy atom. The van der Waals surface area contributed by atoms with Crippen LogP contribution in [0, 0.1) is 0 Å². The number of hydrogen-bond donors (Lipinski definition) is 4. The van der Waals surface area contributed by atoms with E-state index in [0.29, 0.717) is 6.42 Å². The van der Waals surface area contributed by atoms with Gasteiger partial charge in [0.15, 0.2) is 12.4 Å². The smallest absolute Gasteiger partial charge is 0.306 e. The molecule has 1 fully saturated rings. The number of hydrogen-bond acceptors (Lipinski definition) is 10. The average molecular weight is 727 g/mol. The van der Waals surface area contributed by atoms with E-state index in [-0.39, 0.29) is 32.0 Å². The van der Waals surface area contributed by atoms with Crippen LogP contribution in [0.1, 0.15) is 174 Å². The lowest BCUT2D eigenvalue weighted by Crippen LogP contribution is -2.59. The minimum Gasteiger partial charge on any atom is -0.462 e. The average Bonchev–Trinajstić information content (AvgIpc) is 3.13. The molecule has 0 bridgehead atoms. The molecule has 0 aliphatic carbocycles. The fourth-order valence-electron chi connectivity index (χ4n) is 6.11. The van der Waals surface area contributed by atoms with Crippen molar-refractivity contribution in [1.82, 2.24) is 0 Å². The fraction of sp³-hybridized carbons (Fsp3) is 0.878. The third-order valence-electron chi connectivity index (χ3n) is 9.42. The summed E-state index contributed by atoms with van der Waals surface area (Å²) < 4.78 is 22.1. The molecule has 0 radical (unpaired) electrons. The number of allylic oxidation sites excluding steroid dienone is 1. The van der Waals surface area contributed by atoms with Gasteiger partial charge < -0.3 is 39.4 Å². The van der Waals surface area contributed by atoms with Crippen molar-refractivity contribution in [3.8, 4) is 0 Å². The number of unbranched alkanes of at least 4 members (excludes halogenated alkanes) is 20. The van der Waals surface area contributed by atoms with Crippen molar-refractivity contribution in [2.75, 3.05) is 19.8 Å². The molecular formula is C41H74O10. The van der Waals surface area contributed by atoms with E-state index in [1.165, 1.54) is 83.5 Å². The Hall–Kier alpha value is -1.78. The van der Waals surface area contributed by atoms with Gasteiger partial charge in [0.2, 0.25) is 0 Å². The summed E-state index contributed by atoms with van der Waals surface area (Å²) >= 11 is 0. The van der Waals surface area contributed by atoms with E-state index in [1.807, 2.05) is 0 Å². The van der Waals surface area contributed by atoms with Crippen LogP contribution in [0.5, 0.6) is 0 Å². The van der Waals surface area contributed by atoms with Crippen LogP contribution < -0.4 is 0 Å². The van der Waals surface area contributed by atoms with Gasteiger partial charge in [0.1, 0.15) is 31.0 Å². The maximum atomic E-state index is 12.7. The van der Waals surface area contributed by atoms with Gasteiger partial charge in [0, 0.05) is 12.8 Å². The van der Waals surface area contributed by atoms with Gasteiger partial charge in [-0.1, -0.05) is 123 Å². The van der Waals surface area contributed by atoms with E-state index in [1.54, 1.807) is 0 Å². The highest BCUT2D eigenvalue weighted by molar-refractivity contribution is 5.70. The van der Waals surface area contributed by atoms with E-state index >= 15 is 0 Å². The van der Waals surface area contributed by atoms with Gasteiger partial charge in [-0.2, -0.15) is 0 Å². The van der Waals surface area contributed by atoms with Crippen molar-refractivity contribution in [2.45, 2.75) is 211 Å². The lowest BCUT2D eigenvalue weighted by atomic mass is 9.99. The highest BCUT2D eigenvalue weighted by Crippen LogP contribution is 2.22. The molecule has 51 heavy (non-hydrogen) atoms. The summed E-state index contributed by atoms with van der Waals surface area (Å²) in [7, 11) is 0. The first kappa shape index (κ1) is 47.2. The van der Waals surface area contributed by atoms with Crippen molar-refractivity contribution >= 4 is 11.9 Å². The minimum absolute atomic E-state index is 0.212. The number of ether oxygens (including phenoxy) is 4. The highest BCUT2D eigenvalue weighted by Gasteiger charge is 2.44. The standard InChI is InChI=1S/C41H74O10/c1-3-5-7-9-11-13-15-16-17-18-20-22-24-26-28-30-37(44)50-34(33-49-41-40(47)39(46)38(45)35(31-42)51-41)32-48-36(43)29-27-25-23-21-19-14-12-10-8-6-4-2/h15,17,34-35,38-42,45-47H,3-14,18-33H2,1-2H3/t16?,34-,35-,38+,39?,40?,41-/m1/s1. The molecule has 0 spiro atoms. The van der Waals surface area contributed by atoms with Crippen LogP contribution >= 0.6 is 0 Å². The molecule has 1 aliphatic rings. The summed E-state index contributed by atoms with van der Waals surface area (Å²) in [4.78, 5) is 25.2. The monoisotopic (exact) mass is 727 g/mol. The quantitative estimate of drug-likeness (QED) is 0.0300. The summed E-state index contributed by atoms with van der Waals surface area (Å²) in [5.41, 5.74) is 3.29. The zero-order valence-electron chi connectivity index (χ0n) is 32.2. The number of esters is 2. The minimum atomic E-state index is -1.59. The second-order valence-electron chi connectivity index (χ2n) is 14.2. The number of aliphatic hydroxyl groups excluding tert-OH is 4. The zero-order chi connectivity index (χ0) is 37.4. The Morgan fingerprint density at radius 3 is 1.61 bits per heavy atom. The molecular weight excluding hydrogens is 652 g/mol. The fourth-order valence-corrected chi connectivity index (χ4v) is 6.11. The Balaban J connectivity index is 2.39.